The molecule has 5 nitrogen and oxygen atoms in total. The van der Waals surface area contributed by atoms with Gasteiger partial charge in [0.05, 0.1) is 0 Å². The molecule has 1 aliphatic rings. The van der Waals surface area contributed by atoms with Crippen LogP contribution in [0.2, 0.25) is 0 Å². The number of benzene rings is 1. The number of hydrogen-bond acceptors (Lipinski definition) is 4. The van der Waals surface area contributed by atoms with Crippen molar-refractivity contribution in [3.8, 4) is 0 Å². The van der Waals surface area contributed by atoms with Gasteiger partial charge in [-0.25, -0.2) is 4.79 Å². The average molecular weight is 386 g/mol. The minimum Gasteiger partial charge on any atom is -0.505 e. The van der Waals surface area contributed by atoms with Crippen molar-refractivity contribution in [2.24, 2.45) is 17.3 Å². The summed E-state index contributed by atoms with van der Waals surface area (Å²) in [6, 6.07) is 9.92. The van der Waals surface area contributed by atoms with E-state index in [2.05, 4.69) is 32.7 Å². The highest BCUT2D eigenvalue weighted by Gasteiger charge is 2.41. The van der Waals surface area contributed by atoms with E-state index in [1.54, 1.807) is 0 Å². The fourth-order valence-electron chi connectivity index (χ4n) is 4.08. The minimum atomic E-state index is -0.743. The van der Waals surface area contributed by atoms with E-state index in [4.69, 9.17) is 4.74 Å². The molecule has 1 saturated carbocycles. The quantitative estimate of drug-likeness (QED) is 0.281. The number of aryl methyl sites for hydroxylation is 1. The van der Waals surface area contributed by atoms with E-state index in [-0.39, 0.29) is 35.3 Å². The van der Waals surface area contributed by atoms with E-state index in [9.17, 15) is 15.3 Å². The van der Waals surface area contributed by atoms with Crippen LogP contribution in [-0.2, 0) is 16.0 Å². The average Bonchev–Trinajstić information content (AvgIpc) is 2.62. The SMILES string of the molecule is C[C@@H]1CC[C@@H](C(C)(C)C)[C@@H](OC(=O)/C([N+]#N)=C(\O)CCCc2ccccc2)C1. The molecule has 152 valence electrons. The molecule has 1 aliphatic carbocycles. The summed E-state index contributed by atoms with van der Waals surface area (Å²) in [4.78, 5) is 15.6. The van der Waals surface area contributed by atoms with Gasteiger partial charge in [0.15, 0.2) is 10.7 Å². The van der Waals surface area contributed by atoms with Gasteiger partial charge in [-0.1, -0.05) is 64.4 Å². The molecule has 0 aromatic heterocycles. The Kier molecular flexibility index (Phi) is 7.62. The lowest BCUT2D eigenvalue weighted by molar-refractivity contribution is -0.153. The van der Waals surface area contributed by atoms with Gasteiger partial charge in [-0.3, -0.25) is 0 Å². The van der Waals surface area contributed by atoms with E-state index in [0.29, 0.717) is 12.3 Å². The fourth-order valence-corrected chi connectivity index (χ4v) is 4.08. The van der Waals surface area contributed by atoms with Gasteiger partial charge in [0, 0.05) is 12.3 Å². The lowest BCUT2D eigenvalue weighted by atomic mass is 9.68. The number of carbonyl (C=O) groups excluding carboxylic acids is 1. The number of carbonyl (C=O) groups is 1. The second kappa shape index (κ2) is 9.73. The molecule has 0 saturated heterocycles. The summed E-state index contributed by atoms with van der Waals surface area (Å²) in [5, 5.41) is 19.6. The van der Waals surface area contributed by atoms with E-state index >= 15 is 0 Å². The number of rotatable bonds is 6. The molecule has 28 heavy (non-hydrogen) atoms. The molecule has 5 heteroatoms. The summed E-state index contributed by atoms with van der Waals surface area (Å²) in [5.74, 6) is -0.241. The molecule has 2 rings (SSSR count). The van der Waals surface area contributed by atoms with Crippen LogP contribution in [0, 0.1) is 22.6 Å². The molecule has 1 fully saturated rings. The lowest BCUT2D eigenvalue weighted by Gasteiger charge is -2.41. The molecule has 0 aliphatic heterocycles. The second-order valence-electron chi connectivity index (χ2n) is 9.07. The van der Waals surface area contributed by atoms with Gasteiger partial charge in [0.2, 0.25) is 5.39 Å². The van der Waals surface area contributed by atoms with Gasteiger partial charge < -0.3 is 9.84 Å². The zero-order valence-corrected chi connectivity index (χ0v) is 17.5. The number of aliphatic hydroxyl groups is 1. The van der Waals surface area contributed by atoms with E-state index < -0.39 is 5.97 Å². The molecule has 1 aromatic carbocycles. The van der Waals surface area contributed by atoms with E-state index in [0.717, 1.165) is 31.2 Å². The molecule has 1 aromatic rings. The van der Waals surface area contributed by atoms with Gasteiger partial charge in [-0.15, -0.1) is 0 Å². The Hall–Kier alpha value is -2.35. The number of nitrogens with zero attached hydrogens (tertiary/aromatic N) is 2. The minimum absolute atomic E-state index is 0.0169. The summed E-state index contributed by atoms with van der Waals surface area (Å²) in [5.41, 5.74) is 0.798. The molecule has 0 radical (unpaired) electrons. The van der Waals surface area contributed by atoms with Crippen LogP contribution in [0.15, 0.2) is 41.8 Å². The molecule has 0 amide bonds. The molecule has 1 N–H and O–H groups in total. The smallest absolute Gasteiger partial charge is 0.505 e. The Morgan fingerprint density at radius 3 is 2.54 bits per heavy atom. The van der Waals surface area contributed by atoms with Crippen molar-refractivity contribution in [3.05, 3.63) is 52.3 Å². The number of esters is 1. The molecular formula is C23H33N2O3+. The number of hydrogen-bond donors (Lipinski definition) is 1. The van der Waals surface area contributed by atoms with Crippen molar-refractivity contribution < 1.29 is 14.6 Å². The highest BCUT2D eigenvalue weighted by atomic mass is 16.5. The summed E-state index contributed by atoms with van der Waals surface area (Å²) < 4.78 is 5.73. The first-order chi connectivity index (χ1) is 13.2. The third-order valence-corrected chi connectivity index (χ3v) is 5.71. The van der Waals surface area contributed by atoms with Crippen molar-refractivity contribution >= 4 is 5.97 Å². The van der Waals surface area contributed by atoms with Crippen LogP contribution in [0.5, 0.6) is 0 Å². The van der Waals surface area contributed by atoms with Crippen LogP contribution in [0.3, 0.4) is 0 Å². The Morgan fingerprint density at radius 1 is 1.25 bits per heavy atom. The Balaban J connectivity index is 2.02. The lowest BCUT2D eigenvalue weighted by Crippen LogP contribution is -2.40. The highest BCUT2D eigenvalue weighted by Crippen LogP contribution is 2.41. The van der Waals surface area contributed by atoms with Crippen LogP contribution < -0.4 is 0 Å². The summed E-state index contributed by atoms with van der Waals surface area (Å²) in [7, 11) is 0. The highest BCUT2D eigenvalue weighted by molar-refractivity contribution is 5.90. The molecule has 0 unspecified atom stereocenters. The molecular weight excluding hydrogens is 352 g/mol. The van der Waals surface area contributed by atoms with Crippen LogP contribution in [0.4, 0.5) is 0 Å². The first-order valence-electron chi connectivity index (χ1n) is 10.2. The fraction of sp³-hybridized carbons (Fsp3) is 0.609. The predicted molar refractivity (Wildman–Crippen MR) is 110 cm³/mol. The van der Waals surface area contributed by atoms with E-state index in [1.807, 2.05) is 30.3 Å². The number of aliphatic hydroxyl groups excluding tert-OH is 1. The van der Waals surface area contributed by atoms with Crippen LogP contribution in [0.25, 0.3) is 4.98 Å². The Morgan fingerprint density at radius 2 is 1.93 bits per heavy atom. The van der Waals surface area contributed by atoms with Gasteiger partial charge in [-0.05, 0) is 42.6 Å². The zero-order valence-electron chi connectivity index (χ0n) is 17.5. The van der Waals surface area contributed by atoms with Crippen molar-refractivity contribution in [1.29, 1.82) is 5.39 Å². The zero-order chi connectivity index (χ0) is 20.7. The van der Waals surface area contributed by atoms with Gasteiger partial charge >= 0.3 is 11.7 Å². The van der Waals surface area contributed by atoms with Crippen LogP contribution >= 0.6 is 0 Å². The normalized spacial score (nSPS) is 23.5. The Bertz CT molecular complexity index is 728. The van der Waals surface area contributed by atoms with Crippen molar-refractivity contribution in [2.45, 2.75) is 72.3 Å². The topological polar surface area (TPSA) is 74.7 Å². The number of allylic oxidation sites excluding steroid dienone is 1. The Labute approximate surface area is 168 Å². The number of diazo groups is 1. The standard InChI is InChI=1S/C23H32N2O3/c1-16-13-14-18(23(2,3)4)20(15-16)28-22(27)21(25-24)19(26)12-8-11-17-9-6-5-7-10-17/h5-7,9-10,16,18,20H,8,11-15H2,1-4H3/p+1/t16-,18-,20+/m1/s1. The first-order valence-corrected chi connectivity index (χ1v) is 10.2. The van der Waals surface area contributed by atoms with Crippen molar-refractivity contribution in [1.82, 2.24) is 0 Å². The maximum absolute atomic E-state index is 12.6. The molecule has 3 atom stereocenters. The molecule has 0 spiro atoms. The summed E-state index contributed by atoms with van der Waals surface area (Å²) >= 11 is 0. The van der Waals surface area contributed by atoms with Crippen molar-refractivity contribution in [3.63, 3.8) is 0 Å². The third kappa shape index (κ3) is 6.09. The summed E-state index contributed by atoms with van der Waals surface area (Å²) in [6.07, 6.45) is 4.35. The maximum Gasteiger partial charge on any atom is 0.505 e. The van der Waals surface area contributed by atoms with Gasteiger partial charge in [0.25, 0.3) is 0 Å². The largest absolute Gasteiger partial charge is 0.505 e. The third-order valence-electron chi connectivity index (χ3n) is 5.71. The van der Waals surface area contributed by atoms with Gasteiger partial charge in [-0.2, -0.15) is 0 Å². The number of ether oxygens (including phenoxy) is 1. The molecule has 0 heterocycles. The first kappa shape index (κ1) is 21.9. The summed E-state index contributed by atoms with van der Waals surface area (Å²) in [6.45, 7) is 8.63. The van der Waals surface area contributed by atoms with Crippen molar-refractivity contribution in [2.75, 3.05) is 0 Å². The maximum atomic E-state index is 12.6. The predicted octanol–water partition coefficient (Wildman–Crippen LogP) is 6.03. The second-order valence-corrected chi connectivity index (χ2v) is 9.07. The van der Waals surface area contributed by atoms with E-state index in [1.165, 1.54) is 0 Å². The van der Waals surface area contributed by atoms with Gasteiger partial charge in [0.1, 0.15) is 6.10 Å². The van der Waals surface area contributed by atoms with Crippen LogP contribution in [-0.4, -0.2) is 17.2 Å². The molecule has 0 bridgehead atoms. The van der Waals surface area contributed by atoms with Crippen LogP contribution in [0.1, 0.15) is 65.4 Å². The monoisotopic (exact) mass is 385 g/mol.